The molecule has 0 saturated heterocycles. The largest absolute Gasteiger partial charge is 0.346 e. The minimum absolute atomic E-state index is 0.999. The number of anilines is 1. The first kappa shape index (κ1) is 13.3. The van der Waals surface area contributed by atoms with Gasteiger partial charge in [-0.25, -0.2) is 4.99 Å². The fourth-order valence-corrected chi connectivity index (χ4v) is 2.08. The summed E-state index contributed by atoms with van der Waals surface area (Å²) in [6, 6.07) is 16.6. The highest BCUT2D eigenvalue weighted by molar-refractivity contribution is 5.79. The van der Waals surface area contributed by atoms with E-state index in [2.05, 4.69) is 54.5 Å². The summed E-state index contributed by atoms with van der Waals surface area (Å²) < 4.78 is 0. The van der Waals surface area contributed by atoms with Crippen LogP contribution in [-0.4, -0.2) is 6.34 Å². The number of para-hydroxylation sites is 2. The molecule has 0 aliphatic heterocycles. The summed E-state index contributed by atoms with van der Waals surface area (Å²) in [5.41, 5.74) is 4.73. The lowest BCUT2D eigenvalue weighted by Crippen LogP contribution is -1.98. The van der Waals surface area contributed by atoms with Gasteiger partial charge in [0.1, 0.15) is 0 Å². The highest BCUT2D eigenvalue weighted by atomic mass is 14.9. The molecule has 0 atom stereocenters. The maximum Gasteiger partial charge on any atom is 0.0930 e. The molecule has 0 saturated carbocycles. The summed E-state index contributed by atoms with van der Waals surface area (Å²) in [7, 11) is 0. The summed E-state index contributed by atoms with van der Waals surface area (Å²) in [5, 5.41) is 3.27. The van der Waals surface area contributed by atoms with Gasteiger partial charge in [-0.1, -0.05) is 50.2 Å². The van der Waals surface area contributed by atoms with E-state index in [0.717, 1.165) is 24.2 Å². The van der Waals surface area contributed by atoms with Crippen molar-refractivity contribution in [2.24, 2.45) is 4.99 Å². The number of nitrogens with zero attached hydrogens (tertiary/aromatic N) is 1. The zero-order chi connectivity index (χ0) is 13.5. The van der Waals surface area contributed by atoms with Gasteiger partial charge in [0.2, 0.25) is 0 Å². The molecule has 2 rings (SSSR count). The molecule has 1 N–H and O–H groups in total. The molecule has 0 spiro atoms. The minimum atomic E-state index is 0.999. The van der Waals surface area contributed by atoms with Crippen LogP contribution in [0, 0.1) is 0 Å². The van der Waals surface area contributed by atoms with Crippen molar-refractivity contribution < 1.29 is 0 Å². The van der Waals surface area contributed by atoms with Gasteiger partial charge in [0, 0.05) is 5.69 Å². The molecule has 2 heteroatoms. The van der Waals surface area contributed by atoms with Crippen LogP contribution in [-0.2, 0) is 12.8 Å². The zero-order valence-corrected chi connectivity index (χ0v) is 11.6. The van der Waals surface area contributed by atoms with Crippen molar-refractivity contribution in [2.45, 2.75) is 26.7 Å². The molecule has 0 aliphatic rings. The third-order valence-electron chi connectivity index (χ3n) is 3.19. The Kier molecular flexibility index (Phi) is 4.73. The van der Waals surface area contributed by atoms with Crippen LogP contribution in [0.1, 0.15) is 25.0 Å². The van der Waals surface area contributed by atoms with Crippen LogP contribution < -0.4 is 5.32 Å². The SMILES string of the molecule is CCc1ccccc1N=CNc1ccccc1CC. The quantitative estimate of drug-likeness (QED) is 0.611. The Morgan fingerprint density at radius 3 is 2.26 bits per heavy atom. The van der Waals surface area contributed by atoms with Crippen molar-refractivity contribution in [1.29, 1.82) is 0 Å². The van der Waals surface area contributed by atoms with Crippen LogP contribution in [0.15, 0.2) is 53.5 Å². The van der Waals surface area contributed by atoms with Gasteiger partial charge >= 0.3 is 0 Å². The Bertz CT molecular complexity index is 559. The van der Waals surface area contributed by atoms with Gasteiger partial charge in [0.05, 0.1) is 12.0 Å². The van der Waals surface area contributed by atoms with E-state index in [4.69, 9.17) is 0 Å². The Balaban J connectivity index is 2.11. The van der Waals surface area contributed by atoms with Crippen LogP contribution >= 0.6 is 0 Å². The highest BCUT2D eigenvalue weighted by Gasteiger charge is 1.98. The minimum Gasteiger partial charge on any atom is -0.346 e. The number of nitrogens with one attached hydrogen (secondary N) is 1. The molecule has 2 aromatic carbocycles. The molecule has 19 heavy (non-hydrogen) atoms. The van der Waals surface area contributed by atoms with Crippen LogP contribution in [0.2, 0.25) is 0 Å². The predicted molar refractivity (Wildman–Crippen MR) is 83.4 cm³/mol. The second kappa shape index (κ2) is 6.74. The number of aliphatic imine (C=N–C) groups is 1. The lowest BCUT2D eigenvalue weighted by Gasteiger charge is -2.06. The third-order valence-corrected chi connectivity index (χ3v) is 3.19. The van der Waals surface area contributed by atoms with Crippen LogP contribution in [0.3, 0.4) is 0 Å². The average molecular weight is 252 g/mol. The smallest absolute Gasteiger partial charge is 0.0930 e. The van der Waals surface area contributed by atoms with E-state index in [9.17, 15) is 0 Å². The van der Waals surface area contributed by atoms with E-state index >= 15 is 0 Å². The predicted octanol–water partition coefficient (Wildman–Crippen LogP) is 4.58. The highest BCUT2D eigenvalue weighted by Crippen LogP contribution is 2.19. The normalized spacial score (nSPS) is 10.8. The molecular formula is C17H20N2. The van der Waals surface area contributed by atoms with Crippen molar-refractivity contribution >= 4 is 17.7 Å². The Morgan fingerprint density at radius 1 is 0.895 bits per heavy atom. The molecule has 0 fully saturated rings. The Labute approximate surface area is 115 Å². The topological polar surface area (TPSA) is 24.4 Å². The second-order valence-electron chi connectivity index (χ2n) is 4.40. The Morgan fingerprint density at radius 2 is 1.53 bits per heavy atom. The van der Waals surface area contributed by atoms with Crippen LogP contribution in [0.4, 0.5) is 11.4 Å². The lowest BCUT2D eigenvalue weighted by atomic mass is 10.1. The van der Waals surface area contributed by atoms with E-state index in [1.807, 2.05) is 18.2 Å². The summed E-state index contributed by atoms with van der Waals surface area (Å²) in [6.07, 6.45) is 3.80. The van der Waals surface area contributed by atoms with Crippen molar-refractivity contribution in [3.05, 3.63) is 59.7 Å². The van der Waals surface area contributed by atoms with E-state index in [1.54, 1.807) is 6.34 Å². The maximum absolute atomic E-state index is 4.51. The van der Waals surface area contributed by atoms with Crippen molar-refractivity contribution in [1.82, 2.24) is 0 Å². The first-order valence-electron chi connectivity index (χ1n) is 6.80. The van der Waals surface area contributed by atoms with Crippen molar-refractivity contribution in [2.75, 3.05) is 5.32 Å². The number of hydrogen-bond acceptors (Lipinski definition) is 1. The number of benzene rings is 2. The van der Waals surface area contributed by atoms with Gasteiger partial charge in [-0.3, -0.25) is 0 Å². The molecule has 2 aromatic rings. The van der Waals surface area contributed by atoms with E-state index in [1.165, 1.54) is 11.1 Å². The molecule has 2 nitrogen and oxygen atoms in total. The van der Waals surface area contributed by atoms with Gasteiger partial charge in [0.25, 0.3) is 0 Å². The molecule has 0 aliphatic carbocycles. The van der Waals surface area contributed by atoms with Gasteiger partial charge < -0.3 is 5.32 Å². The first-order valence-corrected chi connectivity index (χ1v) is 6.80. The monoisotopic (exact) mass is 252 g/mol. The molecule has 0 unspecified atom stereocenters. The maximum atomic E-state index is 4.51. The summed E-state index contributed by atoms with van der Waals surface area (Å²) in [4.78, 5) is 4.51. The molecule has 0 radical (unpaired) electrons. The van der Waals surface area contributed by atoms with Gasteiger partial charge in [0.15, 0.2) is 0 Å². The Hall–Kier alpha value is -2.09. The standard InChI is InChI=1S/C17H20N2/c1-3-14-9-5-7-11-16(14)18-13-19-17-12-8-6-10-15(17)4-2/h5-13H,3-4H2,1-2H3,(H,18,19). The summed E-state index contributed by atoms with van der Waals surface area (Å²) in [6.45, 7) is 4.30. The zero-order valence-electron chi connectivity index (χ0n) is 11.6. The van der Waals surface area contributed by atoms with Crippen molar-refractivity contribution in [3.63, 3.8) is 0 Å². The molecule has 0 aromatic heterocycles. The first-order chi connectivity index (χ1) is 9.35. The van der Waals surface area contributed by atoms with Crippen LogP contribution in [0.5, 0.6) is 0 Å². The fourth-order valence-electron chi connectivity index (χ4n) is 2.08. The molecular weight excluding hydrogens is 232 g/mol. The molecule has 0 amide bonds. The number of aryl methyl sites for hydroxylation is 2. The third kappa shape index (κ3) is 3.44. The summed E-state index contributed by atoms with van der Waals surface area (Å²) >= 11 is 0. The van der Waals surface area contributed by atoms with Gasteiger partial charge in [-0.15, -0.1) is 0 Å². The molecule has 0 heterocycles. The van der Waals surface area contributed by atoms with Crippen molar-refractivity contribution in [3.8, 4) is 0 Å². The van der Waals surface area contributed by atoms with E-state index in [0.29, 0.717) is 0 Å². The summed E-state index contributed by atoms with van der Waals surface area (Å²) in [5.74, 6) is 0. The fraction of sp³-hybridized carbons (Fsp3) is 0.235. The number of rotatable bonds is 5. The van der Waals surface area contributed by atoms with E-state index < -0.39 is 0 Å². The second-order valence-corrected chi connectivity index (χ2v) is 4.40. The molecule has 98 valence electrons. The molecule has 0 bridgehead atoms. The average Bonchev–Trinajstić information content (AvgIpc) is 2.48. The lowest BCUT2D eigenvalue weighted by molar-refractivity contribution is 1.13. The number of hydrogen-bond donors (Lipinski definition) is 1. The van der Waals surface area contributed by atoms with E-state index in [-0.39, 0.29) is 0 Å². The van der Waals surface area contributed by atoms with Crippen LogP contribution in [0.25, 0.3) is 0 Å². The van der Waals surface area contributed by atoms with Gasteiger partial charge in [-0.05, 0) is 36.1 Å². The van der Waals surface area contributed by atoms with Gasteiger partial charge in [-0.2, -0.15) is 0 Å².